The predicted molar refractivity (Wildman–Crippen MR) is 79.4 cm³/mol. The van der Waals surface area contributed by atoms with Crippen LogP contribution in [0.3, 0.4) is 0 Å². The maximum atomic E-state index is 5.79. The summed E-state index contributed by atoms with van der Waals surface area (Å²) in [4.78, 5) is 4.54. The van der Waals surface area contributed by atoms with Crippen LogP contribution in [0.1, 0.15) is 50.4 Å². The number of aromatic nitrogens is 2. The molecule has 4 nitrogen and oxygen atoms in total. The van der Waals surface area contributed by atoms with Crippen LogP contribution in [0.5, 0.6) is 0 Å². The van der Waals surface area contributed by atoms with Crippen molar-refractivity contribution in [1.82, 2.24) is 10.1 Å². The maximum absolute atomic E-state index is 5.79. The van der Waals surface area contributed by atoms with Gasteiger partial charge in [0, 0.05) is 12.5 Å². The van der Waals surface area contributed by atoms with Crippen LogP contribution in [0.2, 0.25) is 0 Å². The van der Waals surface area contributed by atoms with E-state index in [1.165, 1.54) is 5.56 Å². The van der Waals surface area contributed by atoms with Crippen molar-refractivity contribution in [3.05, 3.63) is 47.6 Å². The molecule has 0 bridgehead atoms. The Hall–Kier alpha value is -1.68. The number of rotatable bonds is 6. The van der Waals surface area contributed by atoms with Crippen LogP contribution < -0.4 is 5.73 Å². The Morgan fingerprint density at radius 3 is 2.50 bits per heavy atom. The molecule has 2 N–H and O–H groups in total. The van der Waals surface area contributed by atoms with Crippen LogP contribution in [-0.4, -0.2) is 16.2 Å². The molecular weight excluding hydrogens is 250 g/mol. The van der Waals surface area contributed by atoms with Crippen molar-refractivity contribution in [3.8, 4) is 0 Å². The monoisotopic (exact) mass is 273 g/mol. The topological polar surface area (TPSA) is 64.9 Å². The minimum Gasteiger partial charge on any atom is -0.339 e. The van der Waals surface area contributed by atoms with Gasteiger partial charge in [0.1, 0.15) is 0 Å². The molecule has 0 radical (unpaired) electrons. The highest BCUT2D eigenvalue weighted by atomic mass is 16.5. The molecule has 1 heterocycles. The molecule has 108 valence electrons. The average molecular weight is 273 g/mol. The highest BCUT2D eigenvalue weighted by Crippen LogP contribution is 2.32. The molecule has 3 unspecified atom stereocenters. The van der Waals surface area contributed by atoms with E-state index in [1.54, 1.807) is 0 Å². The fourth-order valence-corrected chi connectivity index (χ4v) is 2.38. The van der Waals surface area contributed by atoms with Crippen LogP contribution in [0.4, 0.5) is 0 Å². The molecule has 0 amide bonds. The van der Waals surface area contributed by atoms with E-state index in [0.717, 1.165) is 6.42 Å². The third kappa shape index (κ3) is 3.45. The zero-order chi connectivity index (χ0) is 14.5. The predicted octanol–water partition coefficient (Wildman–Crippen LogP) is 3.14. The van der Waals surface area contributed by atoms with Gasteiger partial charge < -0.3 is 10.3 Å². The third-order valence-corrected chi connectivity index (χ3v) is 3.63. The zero-order valence-electron chi connectivity index (χ0n) is 12.4. The van der Waals surface area contributed by atoms with Gasteiger partial charge in [0.25, 0.3) is 0 Å². The van der Waals surface area contributed by atoms with Crippen LogP contribution in [0.15, 0.2) is 34.9 Å². The lowest BCUT2D eigenvalue weighted by atomic mass is 9.85. The Bertz CT molecular complexity index is 522. The SMILES string of the molecule is CCC(C)C(c1ccccc1)c1nc(CC(C)N)no1. The minimum absolute atomic E-state index is 0.0409. The van der Waals surface area contributed by atoms with E-state index in [4.69, 9.17) is 10.3 Å². The first-order valence-corrected chi connectivity index (χ1v) is 7.24. The standard InChI is InChI=1S/C16H23N3O/c1-4-11(2)15(13-8-6-5-7-9-13)16-18-14(19-20-16)10-12(3)17/h5-9,11-12,15H,4,10,17H2,1-3H3. The normalized spacial score (nSPS) is 15.8. The molecule has 1 aromatic heterocycles. The maximum Gasteiger partial charge on any atom is 0.234 e. The van der Waals surface area contributed by atoms with Crippen molar-refractivity contribution in [2.24, 2.45) is 11.7 Å². The Labute approximate surface area is 120 Å². The third-order valence-electron chi connectivity index (χ3n) is 3.63. The van der Waals surface area contributed by atoms with Crippen molar-refractivity contribution >= 4 is 0 Å². The van der Waals surface area contributed by atoms with Gasteiger partial charge >= 0.3 is 0 Å². The molecule has 0 saturated heterocycles. The van der Waals surface area contributed by atoms with Gasteiger partial charge in [-0.15, -0.1) is 0 Å². The van der Waals surface area contributed by atoms with Crippen LogP contribution in [0.25, 0.3) is 0 Å². The fraction of sp³-hybridized carbons (Fsp3) is 0.500. The molecule has 2 aromatic rings. The quantitative estimate of drug-likeness (QED) is 0.878. The molecule has 1 aromatic carbocycles. The molecule has 0 aliphatic rings. The van der Waals surface area contributed by atoms with Crippen molar-refractivity contribution in [1.29, 1.82) is 0 Å². The first-order chi connectivity index (χ1) is 9.61. The van der Waals surface area contributed by atoms with E-state index in [0.29, 0.717) is 24.1 Å². The summed E-state index contributed by atoms with van der Waals surface area (Å²) in [5.41, 5.74) is 7.01. The number of hydrogen-bond donors (Lipinski definition) is 1. The Morgan fingerprint density at radius 1 is 1.20 bits per heavy atom. The molecule has 2 rings (SSSR count). The van der Waals surface area contributed by atoms with E-state index < -0.39 is 0 Å². The molecular formula is C16H23N3O. The summed E-state index contributed by atoms with van der Waals surface area (Å²) >= 11 is 0. The molecule has 0 aliphatic heterocycles. The Morgan fingerprint density at radius 2 is 1.90 bits per heavy atom. The minimum atomic E-state index is 0.0409. The largest absolute Gasteiger partial charge is 0.339 e. The fourth-order valence-electron chi connectivity index (χ4n) is 2.38. The van der Waals surface area contributed by atoms with Gasteiger partial charge in [0.2, 0.25) is 5.89 Å². The molecule has 0 aliphatic carbocycles. The first-order valence-electron chi connectivity index (χ1n) is 7.24. The van der Waals surface area contributed by atoms with Crippen LogP contribution in [0, 0.1) is 5.92 Å². The van der Waals surface area contributed by atoms with Gasteiger partial charge in [0.05, 0.1) is 5.92 Å². The highest BCUT2D eigenvalue weighted by molar-refractivity contribution is 5.25. The number of benzene rings is 1. The van der Waals surface area contributed by atoms with Crippen molar-refractivity contribution in [2.75, 3.05) is 0 Å². The van der Waals surface area contributed by atoms with Gasteiger partial charge in [-0.05, 0) is 18.4 Å². The first kappa shape index (κ1) is 14.7. The van der Waals surface area contributed by atoms with Gasteiger partial charge in [0.15, 0.2) is 5.82 Å². The van der Waals surface area contributed by atoms with Gasteiger partial charge in [-0.25, -0.2) is 0 Å². The molecule has 0 fully saturated rings. The van der Waals surface area contributed by atoms with E-state index in [1.807, 2.05) is 25.1 Å². The lowest BCUT2D eigenvalue weighted by Crippen LogP contribution is -2.18. The van der Waals surface area contributed by atoms with Gasteiger partial charge in [-0.3, -0.25) is 0 Å². The van der Waals surface area contributed by atoms with Crippen molar-refractivity contribution in [2.45, 2.75) is 45.6 Å². The number of nitrogens with zero attached hydrogens (tertiary/aromatic N) is 2. The summed E-state index contributed by atoms with van der Waals surface area (Å²) < 4.78 is 5.49. The van der Waals surface area contributed by atoms with Gasteiger partial charge in [-0.1, -0.05) is 55.8 Å². The molecule has 3 atom stereocenters. The number of hydrogen-bond acceptors (Lipinski definition) is 4. The number of nitrogens with two attached hydrogens (primary N) is 1. The summed E-state index contributed by atoms with van der Waals surface area (Å²) in [6.45, 7) is 6.34. The van der Waals surface area contributed by atoms with E-state index >= 15 is 0 Å². The smallest absolute Gasteiger partial charge is 0.234 e. The summed E-state index contributed by atoms with van der Waals surface area (Å²) in [6, 6.07) is 10.4. The van der Waals surface area contributed by atoms with E-state index in [2.05, 4.69) is 36.1 Å². The van der Waals surface area contributed by atoms with Crippen LogP contribution in [-0.2, 0) is 6.42 Å². The Balaban J connectivity index is 2.30. The average Bonchev–Trinajstić information content (AvgIpc) is 2.87. The van der Waals surface area contributed by atoms with Crippen molar-refractivity contribution in [3.63, 3.8) is 0 Å². The van der Waals surface area contributed by atoms with Gasteiger partial charge in [-0.2, -0.15) is 4.98 Å². The summed E-state index contributed by atoms with van der Waals surface area (Å²) in [5, 5.41) is 4.05. The highest BCUT2D eigenvalue weighted by Gasteiger charge is 2.26. The summed E-state index contributed by atoms with van der Waals surface area (Å²) in [6.07, 6.45) is 1.70. The second-order valence-electron chi connectivity index (χ2n) is 5.50. The molecule has 20 heavy (non-hydrogen) atoms. The molecule has 0 saturated carbocycles. The van der Waals surface area contributed by atoms with E-state index in [-0.39, 0.29) is 12.0 Å². The second-order valence-corrected chi connectivity index (χ2v) is 5.50. The second kappa shape index (κ2) is 6.66. The Kier molecular flexibility index (Phi) is 4.90. The van der Waals surface area contributed by atoms with E-state index in [9.17, 15) is 0 Å². The molecule has 0 spiro atoms. The summed E-state index contributed by atoms with van der Waals surface area (Å²) in [7, 11) is 0. The van der Waals surface area contributed by atoms with Crippen molar-refractivity contribution < 1.29 is 4.52 Å². The van der Waals surface area contributed by atoms with Crippen LogP contribution >= 0.6 is 0 Å². The summed E-state index contributed by atoms with van der Waals surface area (Å²) in [5.74, 6) is 1.98. The zero-order valence-corrected chi connectivity index (χ0v) is 12.4. The lowest BCUT2D eigenvalue weighted by Gasteiger charge is -2.19. The lowest BCUT2D eigenvalue weighted by molar-refractivity contribution is 0.327. The molecule has 4 heteroatoms.